The molecule has 0 aliphatic carbocycles. The van der Waals surface area contributed by atoms with Gasteiger partial charge < -0.3 is 54.0 Å². The van der Waals surface area contributed by atoms with Crippen LogP contribution in [0.15, 0.2) is 24.3 Å². The van der Waals surface area contributed by atoms with Gasteiger partial charge in [0.05, 0.1) is 38.3 Å². The van der Waals surface area contributed by atoms with Crippen LogP contribution in [0.2, 0.25) is 0 Å². The van der Waals surface area contributed by atoms with Crippen LogP contribution in [0.5, 0.6) is 0 Å². The van der Waals surface area contributed by atoms with Gasteiger partial charge in [0.15, 0.2) is 0 Å². The fourth-order valence-electron chi connectivity index (χ4n) is 8.92. The van der Waals surface area contributed by atoms with Crippen LogP contribution < -0.4 is 24.8 Å². The van der Waals surface area contributed by atoms with E-state index in [1.807, 2.05) is 26.0 Å². The number of nitrogens with zero attached hydrogens (tertiary/aromatic N) is 2. The zero-order chi connectivity index (χ0) is 58.1. The summed E-state index contributed by atoms with van der Waals surface area (Å²) in [4.78, 5) is 84.6. The number of carbonyl (C=O) groups excluding carboxylic acids is 6. The molecule has 0 radical (unpaired) electrons. The fourth-order valence-corrected chi connectivity index (χ4v) is 8.92. The molecule has 0 rings (SSSR count). The highest BCUT2D eigenvalue weighted by Gasteiger charge is 2.32. The molecule has 0 amide bonds. The average molecular weight is 1180 g/mol. The molecule has 18 heteroatoms. The van der Waals surface area contributed by atoms with E-state index >= 15 is 0 Å². The summed E-state index contributed by atoms with van der Waals surface area (Å²) >= 11 is 0. The summed E-state index contributed by atoms with van der Waals surface area (Å²) < 4.78 is 21.8. The lowest BCUT2D eigenvalue weighted by Gasteiger charge is -2.27. The van der Waals surface area contributed by atoms with Gasteiger partial charge in [0.2, 0.25) is 13.1 Å². The van der Waals surface area contributed by atoms with E-state index in [1.165, 1.54) is 0 Å². The molecule has 4 atom stereocenters. The van der Waals surface area contributed by atoms with E-state index in [0.29, 0.717) is 64.6 Å². The predicted molar refractivity (Wildman–Crippen MR) is 307 cm³/mol. The monoisotopic (exact) mass is 1180 g/mol. The Labute approximate surface area is 497 Å². The molecular weight excluding hydrogens is 1070 g/mol. The van der Waals surface area contributed by atoms with Gasteiger partial charge >= 0.3 is 35.8 Å². The highest BCUT2D eigenvalue weighted by molar-refractivity contribution is 5.72. The molecule has 0 aromatic carbocycles. The first-order valence-electron chi connectivity index (χ1n) is 30.9. The number of halogens is 2. The maximum Gasteiger partial charge on any atom is 0.366 e. The molecule has 0 heterocycles. The van der Waals surface area contributed by atoms with Crippen molar-refractivity contribution < 1.29 is 102 Å². The van der Waals surface area contributed by atoms with Crippen molar-refractivity contribution in [3.63, 3.8) is 0 Å². The lowest BCUT2D eigenvalue weighted by Crippen LogP contribution is -3.00. The van der Waals surface area contributed by atoms with Crippen molar-refractivity contribution in [3.8, 4) is 0 Å². The molecule has 0 saturated carbocycles. The van der Waals surface area contributed by atoms with E-state index in [4.69, 9.17) is 28.6 Å². The van der Waals surface area contributed by atoms with Gasteiger partial charge in [-0.05, 0) is 103 Å². The SMILES string of the molecule is CCCCCC(OC(=O)C[N+](C)(C)OC(=O)CCC)C(O)C/C=C\CCCCCCCC(=O)OCCCCCCCCCCOC(=O)CCCCCCC/C=C\CC(O)C(CCCCC)OC(=O)C[N+](C)(C)OC(=O)CCC.[Cl-].[Cl-]. The third kappa shape index (κ3) is 50.4. The number of hydrogen-bond acceptors (Lipinski definition) is 14. The maximum absolute atomic E-state index is 12.7. The van der Waals surface area contributed by atoms with Crippen LogP contribution in [0.1, 0.15) is 259 Å². The van der Waals surface area contributed by atoms with Crippen LogP contribution in [0.4, 0.5) is 0 Å². The van der Waals surface area contributed by atoms with Gasteiger partial charge in [-0.1, -0.05) is 155 Å². The number of quaternary nitrogens is 2. The van der Waals surface area contributed by atoms with Gasteiger partial charge in [-0.25, -0.2) is 19.2 Å². The van der Waals surface area contributed by atoms with Crippen molar-refractivity contribution in [3.05, 3.63) is 24.3 Å². The zero-order valence-corrected chi connectivity index (χ0v) is 52.9. The second-order valence-corrected chi connectivity index (χ2v) is 22.4. The number of likely N-dealkylation sites (N-methyl/N-ethyl adjacent to an activating group) is 2. The molecule has 2 N–H and O–H groups in total. The summed E-state index contributed by atoms with van der Waals surface area (Å²) in [7, 11) is 6.55. The van der Waals surface area contributed by atoms with Crippen LogP contribution in [0, 0.1) is 0 Å². The summed E-state index contributed by atoms with van der Waals surface area (Å²) in [6, 6.07) is 0. The fraction of sp³-hybridized carbons (Fsp3) is 0.839. The summed E-state index contributed by atoms with van der Waals surface area (Å²) in [6.07, 6.45) is 35.9. The van der Waals surface area contributed by atoms with Gasteiger partial charge in [-0.15, -0.1) is 9.29 Å². The third-order valence-corrected chi connectivity index (χ3v) is 13.4. The molecule has 16 nitrogen and oxygen atoms in total. The highest BCUT2D eigenvalue weighted by Crippen LogP contribution is 2.19. The van der Waals surface area contributed by atoms with Crippen molar-refractivity contribution in [2.24, 2.45) is 0 Å². The second kappa shape index (κ2) is 53.7. The molecule has 0 saturated heterocycles. The zero-order valence-electron chi connectivity index (χ0n) is 51.3. The van der Waals surface area contributed by atoms with Crippen molar-refractivity contribution in [1.82, 2.24) is 0 Å². The number of rotatable bonds is 53. The van der Waals surface area contributed by atoms with Crippen LogP contribution in [-0.4, -0.2) is 134 Å². The number of aliphatic hydroxyl groups is 2. The Hall–Kier alpha value is -3.28. The molecule has 0 fully saturated rings. The number of hydroxylamine groups is 6. The number of hydrogen-bond donors (Lipinski definition) is 2. The smallest absolute Gasteiger partial charge is 0.366 e. The van der Waals surface area contributed by atoms with E-state index in [1.54, 1.807) is 28.2 Å². The van der Waals surface area contributed by atoms with Gasteiger partial charge in [-0.2, -0.15) is 0 Å². The number of unbranched alkanes of at least 4 members (excludes halogenated alkanes) is 21. The first-order chi connectivity index (χ1) is 37.4. The molecule has 470 valence electrons. The normalized spacial score (nSPS) is 13.2. The number of aliphatic hydroxyl groups excluding tert-OH is 2. The van der Waals surface area contributed by atoms with Crippen LogP contribution >= 0.6 is 0 Å². The predicted octanol–water partition coefficient (Wildman–Crippen LogP) is 6.93. The van der Waals surface area contributed by atoms with E-state index in [9.17, 15) is 39.0 Å². The standard InChI is InChI=1S/C62H114N2O14.2ClH/c1-9-13-33-45-55(75-61(71)51-63(5,6)77-59(69)41-11-3)53(65)43-35-27-21-15-17-23-29-37-47-57(67)73-49-39-31-25-19-20-26-32-40-50-74-58(68)48-38-30-24-18-16-22-28-36-44-54(66)56(46-34-14-10-2)76-62(72)52-64(7,8)78-60(70)42-12-4;;/h27-28,35-36,53-56,65-66H,9-26,29-34,37-52H2,1-8H3;2*1H/q+2;;/p-2/b35-27-,36-28-;;. The summed E-state index contributed by atoms with van der Waals surface area (Å²) in [6.45, 7) is 8.70. The molecule has 4 unspecified atom stereocenters. The molecule has 0 bridgehead atoms. The second-order valence-electron chi connectivity index (χ2n) is 22.4. The average Bonchev–Trinajstić information content (AvgIpc) is 3.36. The van der Waals surface area contributed by atoms with Crippen molar-refractivity contribution in [2.75, 3.05) is 54.5 Å². The van der Waals surface area contributed by atoms with E-state index in [-0.39, 0.29) is 83.9 Å². The number of ether oxygens (including phenoxy) is 4. The van der Waals surface area contributed by atoms with E-state index in [0.717, 1.165) is 167 Å². The van der Waals surface area contributed by atoms with E-state index < -0.39 is 36.4 Å². The van der Waals surface area contributed by atoms with Crippen LogP contribution in [0.25, 0.3) is 0 Å². The largest absolute Gasteiger partial charge is 1.00 e. The molecule has 0 aromatic rings. The molecular formula is C62H114Cl2N2O14. The minimum atomic E-state index is -0.807. The minimum absolute atomic E-state index is 0. The van der Waals surface area contributed by atoms with Crippen molar-refractivity contribution >= 4 is 35.8 Å². The quantitative estimate of drug-likeness (QED) is 0.0159. The molecule has 0 aliphatic heterocycles. The Morgan fingerprint density at radius 3 is 1.04 bits per heavy atom. The van der Waals surface area contributed by atoms with Gasteiger partial charge in [-0.3, -0.25) is 19.3 Å². The number of esters is 4. The Morgan fingerprint density at radius 1 is 0.375 bits per heavy atom. The van der Waals surface area contributed by atoms with Crippen LogP contribution in [-0.2, 0) is 57.4 Å². The Bertz CT molecular complexity index is 1510. The summed E-state index contributed by atoms with van der Waals surface area (Å²) in [5.74, 6) is -1.95. The van der Waals surface area contributed by atoms with Crippen LogP contribution in [0.3, 0.4) is 0 Å². The topological polar surface area (TPSA) is 198 Å². The number of allylic oxidation sites excluding steroid dienone is 2. The lowest BCUT2D eigenvalue weighted by molar-refractivity contribution is -1.05. The first-order valence-corrected chi connectivity index (χ1v) is 30.9. The third-order valence-electron chi connectivity index (χ3n) is 13.4. The van der Waals surface area contributed by atoms with Gasteiger partial charge in [0.25, 0.3) is 0 Å². The lowest BCUT2D eigenvalue weighted by atomic mass is 10.0. The summed E-state index contributed by atoms with van der Waals surface area (Å²) in [5.41, 5.74) is 0. The highest BCUT2D eigenvalue weighted by atomic mass is 35.5. The van der Waals surface area contributed by atoms with Gasteiger partial charge in [0.1, 0.15) is 40.4 Å². The van der Waals surface area contributed by atoms with Crippen molar-refractivity contribution in [1.29, 1.82) is 0 Å². The van der Waals surface area contributed by atoms with Gasteiger partial charge in [0, 0.05) is 12.8 Å². The summed E-state index contributed by atoms with van der Waals surface area (Å²) in [5, 5.41) is 21.8. The minimum Gasteiger partial charge on any atom is -1.00 e. The first kappa shape index (κ1) is 80.9. The maximum atomic E-state index is 12.7. The molecule has 0 aliphatic rings. The Morgan fingerprint density at radius 2 is 0.700 bits per heavy atom. The molecule has 80 heavy (non-hydrogen) atoms. The van der Waals surface area contributed by atoms with E-state index in [2.05, 4.69) is 26.0 Å². The number of carbonyl (C=O) groups is 6. The Balaban J connectivity index is -0.0000296. The molecule has 0 spiro atoms. The molecule has 0 aromatic heterocycles. The van der Waals surface area contributed by atoms with Crippen molar-refractivity contribution in [2.45, 2.75) is 283 Å². The Kier molecular flexibility index (Phi) is 54.3.